The Hall–Kier alpha value is -2.24. The SMILES string of the molecule is CC(NC(=O)C1CNC(=O)O1)(c1ccc(Cl)cc1)c1ccc(Cl)cc1. The fourth-order valence-electron chi connectivity index (χ4n) is 2.74. The van der Waals surface area contributed by atoms with E-state index in [9.17, 15) is 9.59 Å². The van der Waals surface area contributed by atoms with Crippen molar-refractivity contribution in [1.82, 2.24) is 10.6 Å². The van der Waals surface area contributed by atoms with Gasteiger partial charge in [0.15, 0.2) is 6.10 Å². The zero-order valence-electron chi connectivity index (χ0n) is 13.4. The van der Waals surface area contributed by atoms with Crippen molar-refractivity contribution in [3.8, 4) is 0 Å². The van der Waals surface area contributed by atoms with E-state index in [4.69, 9.17) is 27.9 Å². The Bertz CT molecular complexity index is 745. The third kappa shape index (κ3) is 3.72. The molecule has 2 aromatic carbocycles. The number of hydrogen-bond donors (Lipinski definition) is 2. The van der Waals surface area contributed by atoms with Gasteiger partial charge in [0.05, 0.1) is 12.1 Å². The lowest BCUT2D eigenvalue weighted by Gasteiger charge is -2.33. The molecule has 0 aromatic heterocycles. The van der Waals surface area contributed by atoms with Gasteiger partial charge in [-0.1, -0.05) is 47.5 Å². The molecule has 1 unspecified atom stereocenters. The number of nitrogens with one attached hydrogen (secondary N) is 2. The summed E-state index contributed by atoms with van der Waals surface area (Å²) in [5, 5.41) is 6.66. The first kappa shape index (κ1) is 17.6. The first-order valence-electron chi connectivity index (χ1n) is 7.67. The molecule has 25 heavy (non-hydrogen) atoms. The molecular weight excluding hydrogens is 363 g/mol. The van der Waals surface area contributed by atoms with Gasteiger partial charge in [0, 0.05) is 10.0 Å². The summed E-state index contributed by atoms with van der Waals surface area (Å²) < 4.78 is 4.97. The second-order valence-corrected chi connectivity index (χ2v) is 6.78. The molecule has 0 saturated carbocycles. The van der Waals surface area contributed by atoms with E-state index in [0.29, 0.717) is 10.0 Å². The molecule has 0 radical (unpaired) electrons. The van der Waals surface area contributed by atoms with Gasteiger partial charge in [-0.25, -0.2) is 4.79 Å². The Morgan fingerprint density at radius 3 is 1.96 bits per heavy atom. The van der Waals surface area contributed by atoms with Gasteiger partial charge in [-0.15, -0.1) is 0 Å². The highest BCUT2D eigenvalue weighted by molar-refractivity contribution is 6.30. The molecule has 1 aliphatic heterocycles. The smallest absolute Gasteiger partial charge is 0.408 e. The maximum absolute atomic E-state index is 12.6. The molecule has 1 atom stereocenters. The van der Waals surface area contributed by atoms with E-state index in [2.05, 4.69) is 10.6 Å². The first-order chi connectivity index (χ1) is 11.9. The lowest BCUT2D eigenvalue weighted by atomic mass is 9.84. The van der Waals surface area contributed by atoms with Crippen LogP contribution in [0.2, 0.25) is 10.0 Å². The van der Waals surface area contributed by atoms with Crippen LogP contribution < -0.4 is 10.6 Å². The molecule has 0 spiro atoms. The van der Waals surface area contributed by atoms with E-state index >= 15 is 0 Å². The van der Waals surface area contributed by atoms with Crippen molar-refractivity contribution in [3.63, 3.8) is 0 Å². The van der Waals surface area contributed by atoms with Gasteiger partial charge in [-0.05, 0) is 42.3 Å². The molecular formula is C18H16Cl2N2O3. The fraction of sp³-hybridized carbons (Fsp3) is 0.222. The van der Waals surface area contributed by atoms with E-state index in [1.807, 2.05) is 31.2 Å². The largest absolute Gasteiger partial charge is 0.434 e. The molecule has 7 heteroatoms. The van der Waals surface area contributed by atoms with Crippen molar-refractivity contribution in [2.75, 3.05) is 6.54 Å². The lowest BCUT2D eigenvalue weighted by Crippen LogP contribution is -2.49. The van der Waals surface area contributed by atoms with Crippen LogP contribution >= 0.6 is 23.2 Å². The molecule has 1 heterocycles. The van der Waals surface area contributed by atoms with Gasteiger partial charge in [0.25, 0.3) is 5.91 Å². The summed E-state index contributed by atoms with van der Waals surface area (Å²) >= 11 is 12.0. The number of carbonyl (C=O) groups is 2. The quantitative estimate of drug-likeness (QED) is 0.855. The van der Waals surface area contributed by atoms with Crippen molar-refractivity contribution in [1.29, 1.82) is 0 Å². The molecule has 2 N–H and O–H groups in total. The van der Waals surface area contributed by atoms with E-state index in [1.54, 1.807) is 24.3 Å². The lowest BCUT2D eigenvalue weighted by molar-refractivity contribution is -0.129. The van der Waals surface area contributed by atoms with Crippen molar-refractivity contribution >= 4 is 35.2 Å². The van der Waals surface area contributed by atoms with Crippen molar-refractivity contribution in [2.45, 2.75) is 18.6 Å². The van der Waals surface area contributed by atoms with Crippen molar-refractivity contribution < 1.29 is 14.3 Å². The van der Waals surface area contributed by atoms with Crippen LogP contribution in [0.25, 0.3) is 0 Å². The van der Waals surface area contributed by atoms with Crippen LogP contribution in [-0.4, -0.2) is 24.6 Å². The molecule has 5 nitrogen and oxygen atoms in total. The molecule has 3 rings (SSSR count). The third-order valence-corrected chi connectivity index (χ3v) is 4.69. The second kappa shape index (κ2) is 6.94. The van der Waals surface area contributed by atoms with Crippen LogP contribution in [0.3, 0.4) is 0 Å². The van der Waals surface area contributed by atoms with Gasteiger partial charge >= 0.3 is 6.09 Å². The van der Waals surface area contributed by atoms with Gasteiger partial charge in [0.2, 0.25) is 0 Å². The van der Waals surface area contributed by atoms with E-state index < -0.39 is 17.7 Å². The van der Waals surface area contributed by atoms with Gasteiger partial charge in [-0.3, -0.25) is 4.79 Å². The molecule has 1 fully saturated rings. The van der Waals surface area contributed by atoms with Crippen LogP contribution in [0.15, 0.2) is 48.5 Å². The number of amides is 2. The summed E-state index contributed by atoms with van der Waals surface area (Å²) in [5.41, 5.74) is 0.830. The highest BCUT2D eigenvalue weighted by atomic mass is 35.5. The van der Waals surface area contributed by atoms with Crippen molar-refractivity contribution in [2.24, 2.45) is 0 Å². The summed E-state index contributed by atoms with van der Waals surface area (Å²) in [4.78, 5) is 23.8. The Labute approximate surface area is 155 Å². The number of hydrogen-bond acceptors (Lipinski definition) is 3. The Balaban J connectivity index is 1.96. The minimum absolute atomic E-state index is 0.141. The number of alkyl carbamates (subject to hydrolysis) is 1. The summed E-state index contributed by atoms with van der Waals surface area (Å²) in [5.74, 6) is -0.384. The molecule has 2 aromatic rings. The third-order valence-electron chi connectivity index (χ3n) is 4.19. The van der Waals surface area contributed by atoms with Crippen molar-refractivity contribution in [3.05, 3.63) is 69.7 Å². The normalized spacial score (nSPS) is 16.9. The molecule has 0 bridgehead atoms. The predicted octanol–water partition coefficient (Wildman–Crippen LogP) is 3.48. The summed E-state index contributed by atoms with van der Waals surface area (Å²) in [6, 6.07) is 14.4. The fourth-order valence-corrected chi connectivity index (χ4v) is 2.99. The first-order valence-corrected chi connectivity index (χ1v) is 8.43. The number of halogens is 2. The number of carbonyl (C=O) groups excluding carboxylic acids is 2. The average molecular weight is 379 g/mol. The molecule has 0 aliphatic carbocycles. The topological polar surface area (TPSA) is 67.4 Å². The minimum Gasteiger partial charge on any atom is -0.434 e. The minimum atomic E-state index is -0.869. The maximum Gasteiger partial charge on any atom is 0.408 e. The van der Waals surface area contributed by atoms with Crippen LogP contribution in [0.4, 0.5) is 4.79 Å². The van der Waals surface area contributed by atoms with Crippen LogP contribution in [0.5, 0.6) is 0 Å². The van der Waals surface area contributed by atoms with E-state index in [-0.39, 0.29) is 12.5 Å². The zero-order valence-corrected chi connectivity index (χ0v) is 14.9. The molecule has 1 saturated heterocycles. The van der Waals surface area contributed by atoms with E-state index in [1.165, 1.54) is 0 Å². The molecule has 1 aliphatic rings. The Morgan fingerprint density at radius 2 is 1.56 bits per heavy atom. The average Bonchev–Trinajstić information content (AvgIpc) is 3.02. The van der Waals surface area contributed by atoms with Gasteiger partial charge < -0.3 is 15.4 Å². The summed E-state index contributed by atoms with van der Waals surface area (Å²) in [6.07, 6.45) is -1.47. The van der Waals surface area contributed by atoms with E-state index in [0.717, 1.165) is 11.1 Å². The number of ether oxygens (including phenoxy) is 1. The number of benzene rings is 2. The zero-order chi connectivity index (χ0) is 18.0. The predicted molar refractivity (Wildman–Crippen MR) is 95.8 cm³/mol. The molecule has 2 amide bonds. The highest BCUT2D eigenvalue weighted by Gasteiger charge is 2.36. The van der Waals surface area contributed by atoms with Crippen LogP contribution in [-0.2, 0) is 15.1 Å². The van der Waals surface area contributed by atoms with Gasteiger partial charge in [-0.2, -0.15) is 0 Å². The van der Waals surface area contributed by atoms with Crippen LogP contribution in [0.1, 0.15) is 18.1 Å². The standard InChI is InChI=1S/C18H16Cl2N2O3/c1-18(11-2-6-13(19)7-3-11,12-4-8-14(20)9-5-12)22-16(23)15-10-21-17(24)25-15/h2-9,15H,10H2,1H3,(H,21,24)(H,22,23). The van der Waals surface area contributed by atoms with Gasteiger partial charge in [0.1, 0.15) is 0 Å². The number of rotatable bonds is 4. The molecule has 130 valence electrons. The maximum atomic E-state index is 12.6. The van der Waals surface area contributed by atoms with Crippen LogP contribution in [0, 0.1) is 0 Å². The Kier molecular flexibility index (Phi) is 4.88. The summed E-state index contributed by atoms with van der Waals surface area (Å²) in [6.45, 7) is 2.02. The Morgan fingerprint density at radius 1 is 1.08 bits per heavy atom. The number of cyclic esters (lactones) is 1. The highest BCUT2D eigenvalue weighted by Crippen LogP contribution is 2.31. The second-order valence-electron chi connectivity index (χ2n) is 5.90. The monoisotopic (exact) mass is 378 g/mol. The summed E-state index contributed by atoms with van der Waals surface area (Å²) in [7, 11) is 0.